The summed E-state index contributed by atoms with van der Waals surface area (Å²) in [6.45, 7) is 0.563. The van der Waals surface area contributed by atoms with Crippen LogP contribution in [0.1, 0.15) is 11.4 Å². The van der Waals surface area contributed by atoms with E-state index >= 15 is 0 Å². The van der Waals surface area contributed by atoms with E-state index in [2.05, 4.69) is 26.0 Å². The van der Waals surface area contributed by atoms with Crippen LogP contribution in [-0.2, 0) is 23.9 Å². The zero-order valence-corrected chi connectivity index (χ0v) is 15.0. The number of benzene rings is 1. The van der Waals surface area contributed by atoms with Crippen LogP contribution in [0.5, 0.6) is 0 Å². The van der Waals surface area contributed by atoms with E-state index in [4.69, 9.17) is 0 Å². The molecular weight excluding hydrogens is 365 g/mol. The maximum Gasteiger partial charge on any atom is 0.322 e. The first-order chi connectivity index (χ1) is 13.5. The highest BCUT2D eigenvalue weighted by atomic mass is 19.1. The van der Waals surface area contributed by atoms with Gasteiger partial charge in [-0.3, -0.25) is 10.1 Å². The molecule has 0 spiro atoms. The molecule has 1 aromatic carbocycles. The summed E-state index contributed by atoms with van der Waals surface area (Å²) in [5.41, 5.74) is 0.311. The Morgan fingerprint density at radius 3 is 2.68 bits per heavy atom. The van der Waals surface area contributed by atoms with Crippen molar-refractivity contribution in [3.8, 4) is 5.69 Å². The normalized spacial score (nSPS) is 18.9. The molecule has 10 heteroatoms. The number of aromatic nitrogens is 4. The van der Waals surface area contributed by atoms with Gasteiger partial charge in [0.05, 0.1) is 11.9 Å². The quantitative estimate of drug-likeness (QED) is 0.540. The summed E-state index contributed by atoms with van der Waals surface area (Å²) in [4.78, 5) is 28.5. The van der Waals surface area contributed by atoms with Crippen molar-refractivity contribution in [3.05, 3.63) is 66.3 Å². The number of halogens is 1. The SMILES string of the molecule is Cn1ccnc1C1(CNCc2cnn(-c3ccc(F)cc3)c2)NC(=O)NC1=O. The van der Waals surface area contributed by atoms with Crippen LogP contribution in [0.2, 0.25) is 0 Å². The highest BCUT2D eigenvalue weighted by Crippen LogP contribution is 2.22. The summed E-state index contributed by atoms with van der Waals surface area (Å²) >= 11 is 0. The first kappa shape index (κ1) is 17.9. The second kappa shape index (κ2) is 6.89. The fourth-order valence-corrected chi connectivity index (χ4v) is 3.21. The third-order valence-electron chi connectivity index (χ3n) is 4.59. The highest BCUT2D eigenvalue weighted by molar-refractivity contribution is 6.07. The van der Waals surface area contributed by atoms with Gasteiger partial charge >= 0.3 is 6.03 Å². The minimum Gasteiger partial charge on any atom is -0.336 e. The Bertz CT molecular complexity index is 1030. The Balaban J connectivity index is 1.48. The lowest BCUT2D eigenvalue weighted by atomic mass is 9.98. The predicted molar refractivity (Wildman–Crippen MR) is 96.8 cm³/mol. The number of amides is 3. The molecule has 0 aliphatic carbocycles. The fourth-order valence-electron chi connectivity index (χ4n) is 3.21. The zero-order chi connectivity index (χ0) is 19.7. The lowest BCUT2D eigenvalue weighted by Crippen LogP contribution is -2.52. The second-order valence-electron chi connectivity index (χ2n) is 6.55. The number of hydrogen-bond acceptors (Lipinski definition) is 5. The molecule has 144 valence electrons. The third-order valence-corrected chi connectivity index (χ3v) is 4.59. The molecule has 0 bridgehead atoms. The molecular formula is C18H18FN7O2. The van der Waals surface area contributed by atoms with Crippen LogP contribution in [0.25, 0.3) is 5.69 Å². The predicted octanol–water partition coefficient (Wildman–Crippen LogP) is 0.569. The van der Waals surface area contributed by atoms with E-state index in [0.717, 1.165) is 11.3 Å². The minimum absolute atomic E-state index is 0.150. The van der Waals surface area contributed by atoms with E-state index in [1.807, 2.05) is 0 Å². The number of carbonyl (C=O) groups excluding carboxylic acids is 2. The van der Waals surface area contributed by atoms with Crippen LogP contribution < -0.4 is 16.0 Å². The van der Waals surface area contributed by atoms with Gasteiger partial charge in [-0.05, 0) is 24.3 Å². The van der Waals surface area contributed by atoms with Gasteiger partial charge in [0.15, 0.2) is 5.54 Å². The van der Waals surface area contributed by atoms with Crippen molar-refractivity contribution in [3.63, 3.8) is 0 Å². The average molecular weight is 383 g/mol. The zero-order valence-electron chi connectivity index (χ0n) is 15.0. The van der Waals surface area contributed by atoms with Gasteiger partial charge < -0.3 is 15.2 Å². The molecule has 3 aromatic rings. The van der Waals surface area contributed by atoms with E-state index in [9.17, 15) is 14.0 Å². The molecule has 28 heavy (non-hydrogen) atoms. The van der Waals surface area contributed by atoms with E-state index < -0.39 is 17.5 Å². The maximum absolute atomic E-state index is 13.1. The lowest BCUT2D eigenvalue weighted by molar-refractivity contribution is -0.124. The molecule has 1 aliphatic rings. The molecule has 0 radical (unpaired) electrons. The number of nitrogens with one attached hydrogen (secondary N) is 3. The summed E-state index contributed by atoms with van der Waals surface area (Å²) in [5, 5.41) is 12.4. The molecule has 1 unspecified atom stereocenters. The van der Waals surface area contributed by atoms with Crippen LogP contribution in [0.4, 0.5) is 9.18 Å². The van der Waals surface area contributed by atoms with Crippen molar-refractivity contribution >= 4 is 11.9 Å². The van der Waals surface area contributed by atoms with Crippen molar-refractivity contribution in [1.82, 2.24) is 35.3 Å². The number of aryl methyl sites for hydroxylation is 1. The van der Waals surface area contributed by atoms with Crippen molar-refractivity contribution in [2.24, 2.45) is 7.05 Å². The molecule has 0 saturated carbocycles. The summed E-state index contributed by atoms with van der Waals surface area (Å²) < 4.78 is 16.4. The topological polar surface area (TPSA) is 106 Å². The third kappa shape index (κ3) is 3.14. The number of imide groups is 1. The summed E-state index contributed by atoms with van der Waals surface area (Å²) in [6, 6.07) is 5.45. The van der Waals surface area contributed by atoms with Gasteiger partial charge in [-0.2, -0.15) is 5.10 Å². The number of imidazole rings is 1. The molecule has 1 atom stereocenters. The molecule has 3 heterocycles. The van der Waals surface area contributed by atoms with Gasteiger partial charge in [-0.25, -0.2) is 18.9 Å². The van der Waals surface area contributed by atoms with Crippen LogP contribution >= 0.6 is 0 Å². The Labute approximate surface area is 159 Å². The minimum atomic E-state index is -1.29. The van der Waals surface area contributed by atoms with E-state index in [1.54, 1.807) is 53.2 Å². The molecule has 1 saturated heterocycles. The molecule has 1 fully saturated rings. The number of nitrogens with zero attached hydrogens (tertiary/aromatic N) is 4. The van der Waals surface area contributed by atoms with Crippen molar-refractivity contribution in [2.75, 3.05) is 6.54 Å². The Hall–Kier alpha value is -3.53. The van der Waals surface area contributed by atoms with Gasteiger partial charge in [-0.15, -0.1) is 0 Å². The van der Waals surface area contributed by atoms with Crippen molar-refractivity contribution < 1.29 is 14.0 Å². The van der Waals surface area contributed by atoms with Crippen molar-refractivity contribution in [1.29, 1.82) is 0 Å². The number of rotatable bonds is 6. The summed E-state index contributed by atoms with van der Waals surface area (Å²) in [6.07, 6.45) is 6.77. The van der Waals surface area contributed by atoms with Gasteiger partial charge in [0.2, 0.25) is 0 Å². The second-order valence-corrected chi connectivity index (χ2v) is 6.55. The molecule has 2 aromatic heterocycles. The molecule has 9 nitrogen and oxygen atoms in total. The fraction of sp³-hybridized carbons (Fsp3) is 0.222. The number of hydrogen-bond donors (Lipinski definition) is 3. The number of urea groups is 1. The van der Waals surface area contributed by atoms with Gasteiger partial charge in [0.1, 0.15) is 11.6 Å². The van der Waals surface area contributed by atoms with Crippen molar-refractivity contribution in [2.45, 2.75) is 12.1 Å². The first-order valence-corrected chi connectivity index (χ1v) is 8.59. The average Bonchev–Trinajstić information content (AvgIpc) is 3.36. The standard InChI is InChI=1S/C18H18FN7O2/c1-25-7-6-21-15(25)18(16(27)23-17(28)24-18)11-20-8-12-9-22-26(10-12)14-4-2-13(19)3-5-14/h2-7,9-10,20H,8,11H2,1H3,(H2,23,24,27,28). The first-order valence-electron chi connectivity index (χ1n) is 8.59. The highest BCUT2D eigenvalue weighted by Gasteiger charge is 2.50. The summed E-state index contributed by atoms with van der Waals surface area (Å²) in [7, 11) is 1.76. The van der Waals surface area contributed by atoms with Gasteiger partial charge in [0, 0.05) is 44.3 Å². The number of carbonyl (C=O) groups is 2. The largest absolute Gasteiger partial charge is 0.336 e. The van der Waals surface area contributed by atoms with E-state index in [1.165, 1.54) is 12.1 Å². The maximum atomic E-state index is 13.1. The molecule has 1 aliphatic heterocycles. The smallest absolute Gasteiger partial charge is 0.322 e. The summed E-state index contributed by atoms with van der Waals surface area (Å²) in [5.74, 6) is -0.332. The van der Waals surface area contributed by atoms with Gasteiger partial charge in [-0.1, -0.05) is 0 Å². The Kier molecular flexibility index (Phi) is 4.40. The monoisotopic (exact) mass is 383 g/mol. The molecule has 3 amide bonds. The van der Waals surface area contributed by atoms with E-state index in [-0.39, 0.29) is 12.4 Å². The van der Waals surface area contributed by atoms with Crippen LogP contribution in [0.15, 0.2) is 49.1 Å². The Morgan fingerprint density at radius 1 is 1.25 bits per heavy atom. The lowest BCUT2D eigenvalue weighted by Gasteiger charge is -2.25. The Morgan fingerprint density at radius 2 is 2.04 bits per heavy atom. The van der Waals surface area contributed by atoms with Crippen LogP contribution in [0, 0.1) is 5.82 Å². The van der Waals surface area contributed by atoms with Crippen LogP contribution in [-0.4, -0.2) is 37.8 Å². The van der Waals surface area contributed by atoms with Gasteiger partial charge in [0.25, 0.3) is 5.91 Å². The van der Waals surface area contributed by atoms with Crippen LogP contribution in [0.3, 0.4) is 0 Å². The van der Waals surface area contributed by atoms with E-state index in [0.29, 0.717) is 12.4 Å². The molecule has 4 rings (SSSR count). The molecule has 3 N–H and O–H groups in total.